The fraction of sp³-hybridized carbons (Fsp3) is 0.333. The van der Waals surface area contributed by atoms with E-state index in [4.69, 9.17) is 16.0 Å². The van der Waals surface area contributed by atoms with Crippen LogP contribution in [-0.4, -0.2) is 12.6 Å². The van der Waals surface area contributed by atoms with Crippen molar-refractivity contribution in [2.45, 2.75) is 25.8 Å². The minimum absolute atomic E-state index is 0.129. The molecule has 0 saturated carbocycles. The van der Waals surface area contributed by atoms with Gasteiger partial charge in [-0.3, -0.25) is 0 Å². The Balaban J connectivity index is 2.09. The summed E-state index contributed by atoms with van der Waals surface area (Å²) in [6.45, 7) is 2.86. The quantitative estimate of drug-likeness (QED) is 0.870. The third kappa shape index (κ3) is 3.82. The van der Waals surface area contributed by atoms with Crippen LogP contribution in [0.4, 0.5) is 4.39 Å². The Morgan fingerprint density at radius 3 is 2.79 bits per heavy atom. The fourth-order valence-electron chi connectivity index (χ4n) is 2.15. The van der Waals surface area contributed by atoms with Crippen LogP contribution in [0.5, 0.6) is 0 Å². The molecular weight excluding hydrogens is 265 g/mol. The van der Waals surface area contributed by atoms with Crippen molar-refractivity contribution in [3.63, 3.8) is 0 Å². The van der Waals surface area contributed by atoms with E-state index in [0.717, 1.165) is 18.7 Å². The van der Waals surface area contributed by atoms with E-state index in [1.165, 1.54) is 0 Å². The molecular formula is C15H17ClFNO. The minimum Gasteiger partial charge on any atom is -0.469 e. The summed E-state index contributed by atoms with van der Waals surface area (Å²) in [5.41, 5.74) is 0.630. The molecule has 1 aromatic carbocycles. The maximum atomic E-state index is 13.9. The Hall–Kier alpha value is -1.32. The predicted octanol–water partition coefficient (Wildman–Crippen LogP) is 3.84. The van der Waals surface area contributed by atoms with Crippen LogP contribution >= 0.6 is 11.6 Å². The van der Waals surface area contributed by atoms with Crippen LogP contribution in [0.3, 0.4) is 0 Å². The molecule has 19 heavy (non-hydrogen) atoms. The second kappa shape index (κ2) is 6.73. The summed E-state index contributed by atoms with van der Waals surface area (Å²) in [5, 5.41) is 3.52. The van der Waals surface area contributed by atoms with E-state index in [9.17, 15) is 4.39 Å². The summed E-state index contributed by atoms with van der Waals surface area (Å²) in [4.78, 5) is 0. The number of likely N-dealkylation sites (N-methyl/N-ethyl adjacent to an activating group) is 1. The number of hydrogen-bond acceptors (Lipinski definition) is 2. The van der Waals surface area contributed by atoms with Gasteiger partial charge < -0.3 is 9.73 Å². The van der Waals surface area contributed by atoms with E-state index < -0.39 is 0 Å². The molecule has 0 spiro atoms. The number of hydrogen-bond donors (Lipinski definition) is 1. The highest BCUT2D eigenvalue weighted by molar-refractivity contribution is 6.30. The largest absolute Gasteiger partial charge is 0.469 e. The molecule has 0 fully saturated rings. The molecule has 2 nitrogen and oxygen atoms in total. The smallest absolute Gasteiger partial charge is 0.145 e. The van der Waals surface area contributed by atoms with Crippen LogP contribution in [0.1, 0.15) is 18.2 Å². The Bertz CT molecular complexity index is 513. The zero-order valence-corrected chi connectivity index (χ0v) is 11.6. The molecule has 1 aromatic heterocycles. The topological polar surface area (TPSA) is 25.2 Å². The number of halogens is 2. The van der Waals surface area contributed by atoms with Crippen LogP contribution in [0.25, 0.3) is 0 Å². The molecule has 0 aliphatic heterocycles. The lowest BCUT2D eigenvalue weighted by molar-refractivity contribution is 0.440. The zero-order valence-electron chi connectivity index (χ0n) is 10.8. The first-order valence-corrected chi connectivity index (χ1v) is 6.77. The third-order valence-corrected chi connectivity index (χ3v) is 3.31. The molecule has 0 radical (unpaired) electrons. The van der Waals surface area contributed by atoms with Gasteiger partial charge >= 0.3 is 0 Å². The van der Waals surface area contributed by atoms with Crippen molar-refractivity contribution in [1.29, 1.82) is 0 Å². The maximum absolute atomic E-state index is 13.9. The van der Waals surface area contributed by atoms with Gasteiger partial charge in [0.05, 0.1) is 11.3 Å². The number of nitrogens with one attached hydrogen (secondary N) is 1. The Kier molecular flexibility index (Phi) is 5.00. The molecule has 2 aromatic rings. The van der Waals surface area contributed by atoms with Crippen LogP contribution < -0.4 is 5.32 Å². The molecule has 4 heteroatoms. The molecule has 0 amide bonds. The third-order valence-electron chi connectivity index (χ3n) is 3.02. The summed E-state index contributed by atoms with van der Waals surface area (Å²) >= 11 is 5.80. The van der Waals surface area contributed by atoms with Gasteiger partial charge in [-0.25, -0.2) is 4.39 Å². The molecule has 1 atom stereocenters. The molecule has 1 unspecified atom stereocenters. The van der Waals surface area contributed by atoms with Crippen molar-refractivity contribution < 1.29 is 8.81 Å². The van der Waals surface area contributed by atoms with E-state index in [1.807, 2.05) is 19.1 Å². The van der Waals surface area contributed by atoms with Gasteiger partial charge in [0.1, 0.15) is 11.6 Å². The van der Waals surface area contributed by atoms with Crippen LogP contribution in [0.15, 0.2) is 41.0 Å². The lowest BCUT2D eigenvalue weighted by atomic mass is 10.0. The highest BCUT2D eigenvalue weighted by atomic mass is 35.5. The van der Waals surface area contributed by atoms with Gasteiger partial charge in [-0.05, 0) is 36.7 Å². The van der Waals surface area contributed by atoms with Crippen molar-refractivity contribution in [3.05, 3.63) is 58.8 Å². The summed E-state index contributed by atoms with van der Waals surface area (Å²) in [5.74, 6) is 0.569. The molecule has 2 rings (SSSR count). The summed E-state index contributed by atoms with van der Waals surface area (Å²) in [6, 6.07) is 9.03. The Labute approximate surface area is 117 Å². The van der Waals surface area contributed by atoms with E-state index in [-0.39, 0.29) is 16.9 Å². The molecule has 0 bridgehead atoms. The van der Waals surface area contributed by atoms with Gasteiger partial charge in [-0.2, -0.15) is 0 Å². The average Bonchev–Trinajstić information content (AvgIpc) is 2.88. The lowest BCUT2D eigenvalue weighted by Gasteiger charge is -2.17. The second-order valence-electron chi connectivity index (χ2n) is 4.46. The van der Waals surface area contributed by atoms with E-state index in [0.29, 0.717) is 12.0 Å². The normalized spacial score (nSPS) is 12.6. The highest BCUT2D eigenvalue weighted by Crippen LogP contribution is 2.20. The number of benzene rings is 1. The number of rotatable bonds is 6. The first kappa shape index (κ1) is 14.1. The van der Waals surface area contributed by atoms with Crippen molar-refractivity contribution in [1.82, 2.24) is 5.32 Å². The molecule has 102 valence electrons. The number of furan rings is 1. The van der Waals surface area contributed by atoms with Crippen molar-refractivity contribution >= 4 is 11.6 Å². The van der Waals surface area contributed by atoms with Gasteiger partial charge in [0.15, 0.2) is 0 Å². The standard InChI is InChI=1S/C15H17ClFNO/c1-2-18-12(10-13-6-4-8-19-13)9-11-5-3-7-14(16)15(11)17/h3-8,12,18H,2,9-10H2,1H3. The highest BCUT2D eigenvalue weighted by Gasteiger charge is 2.14. The van der Waals surface area contributed by atoms with E-state index in [1.54, 1.807) is 24.5 Å². The van der Waals surface area contributed by atoms with Crippen LogP contribution in [0, 0.1) is 5.82 Å². The maximum Gasteiger partial charge on any atom is 0.145 e. The van der Waals surface area contributed by atoms with Gasteiger partial charge in [0.2, 0.25) is 0 Å². The monoisotopic (exact) mass is 281 g/mol. The average molecular weight is 282 g/mol. The summed E-state index contributed by atoms with van der Waals surface area (Å²) in [6.07, 6.45) is 2.96. The molecule has 0 aliphatic rings. The van der Waals surface area contributed by atoms with Crippen molar-refractivity contribution in [3.8, 4) is 0 Å². The zero-order chi connectivity index (χ0) is 13.7. The van der Waals surface area contributed by atoms with E-state index >= 15 is 0 Å². The van der Waals surface area contributed by atoms with Gasteiger partial charge in [-0.15, -0.1) is 0 Å². The molecule has 0 aliphatic carbocycles. The first-order chi connectivity index (χ1) is 9.20. The molecule has 1 heterocycles. The lowest BCUT2D eigenvalue weighted by Crippen LogP contribution is -2.33. The van der Waals surface area contributed by atoms with Crippen LogP contribution in [-0.2, 0) is 12.8 Å². The fourth-order valence-corrected chi connectivity index (χ4v) is 2.34. The van der Waals surface area contributed by atoms with Crippen molar-refractivity contribution in [2.75, 3.05) is 6.54 Å². The van der Waals surface area contributed by atoms with E-state index in [2.05, 4.69) is 5.32 Å². The van der Waals surface area contributed by atoms with Gasteiger partial charge in [-0.1, -0.05) is 30.7 Å². The predicted molar refractivity (Wildman–Crippen MR) is 75.0 cm³/mol. The SMILES string of the molecule is CCNC(Cc1ccco1)Cc1cccc(Cl)c1F. The van der Waals surface area contributed by atoms with Crippen LogP contribution in [0.2, 0.25) is 5.02 Å². The van der Waals surface area contributed by atoms with Gasteiger partial charge in [0.25, 0.3) is 0 Å². The summed E-state index contributed by atoms with van der Waals surface area (Å²) in [7, 11) is 0. The van der Waals surface area contributed by atoms with Crippen molar-refractivity contribution in [2.24, 2.45) is 0 Å². The Morgan fingerprint density at radius 2 is 2.11 bits per heavy atom. The van der Waals surface area contributed by atoms with Gasteiger partial charge in [0, 0.05) is 12.5 Å². The molecule has 1 N–H and O–H groups in total. The molecule has 0 saturated heterocycles. The summed E-state index contributed by atoms with van der Waals surface area (Å²) < 4.78 is 19.2. The Morgan fingerprint density at radius 1 is 1.26 bits per heavy atom. The minimum atomic E-state index is -0.327. The second-order valence-corrected chi connectivity index (χ2v) is 4.86. The first-order valence-electron chi connectivity index (χ1n) is 6.39.